The molecule has 3 N–H and O–H groups in total. The van der Waals surface area contributed by atoms with Crippen molar-refractivity contribution in [1.29, 1.82) is 0 Å². The summed E-state index contributed by atoms with van der Waals surface area (Å²) in [4.78, 5) is 16.5. The first kappa shape index (κ1) is 14.8. The summed E-state index contributed by atoms with van der Waals surface area (Å²) in [7, 11) is -3.17. The van der Waals surface area contributed by atoms with Crippen LogP contribution < -0.4 is 10.4 Å². The topological polar surface area (TPSA) is 94.8 Å². The van der Waals surface area contributed by atoms with E-state index in [1.807, 2.05) is 25.1 Å². The molecule has 1 aromatic heterocycles. The van der Waals surface area contributed by atoms with E-state index in [1.54, 1.807) is 0 Å². The Balaban J connectivity index is 1.94. The number of H-pyrrole nitrogens is 2. The molecule has 0 fully saturated rings. The van der Waals surface area contributed by atoms with E-state index in [0.29, 0.717) is 19.4 Å². The van der Waals surface area contributed by atoms with Crippen molar-refractivity contribution in [1.82, 2.24) is 14.7 Å². The van der Waals surface area contributed by atoms with Gasteiger partial charge in [0.15, 0.2) is 0 Å². The van der Waals surface area contributed by atoms with E-state index in [9.17, 15) is 13.2 Å². The van der Waals surface area contributed by atoms with Crippen LogP contribution in [-0.2, 0) is 16.4 Å². The fourth-order valence-corrected chi connectivity index (χ4v) is 3.22. The first-order valence-corrected chi connectivity index (χ1v) is 8.33. The van der Waals surface area contributed by atoms with Crippen LogP contribution >= 0.6 is 0 Å². The maximum Gasteiger partial charge on any atom is 0.323 e. The van der Waals surface area contributed by atoms with Crippen molar-refractivity contribution in [2.45, 2.75) is 26.2 Å². The molecular formula is C13H19N3O3S. The van der Waals surface area contributed by atoms with Crippen LogP contribution in [0, 0.1) is 0 Å². The molecule has 0 amide bonds. The van der Waals surface area contributed by atoms with Gasteiger partial charge in [0.2, 0.25) is 10.0 Å². The van der Waals surface area contributed by atoms with Gasteiger partial charge >= 0.3 is 5.69 Å². The number of aromatic nitrogens is 2. The Morgan fingerprint density at radius 2 is 1.95 bits per heavy atom. The molecule has 6 nitrogen and oxygen atoms in total. The number of hydrogen-bond donors (Lipinski definition) is 3. The van der Waals surface area contributed by atoms with Crippen LogP contribution in [0.3, 0.4) is 0 Å². The Morgan fingerprint density at radius 3 is 2.70 bits per heavy atom. The zero-order chi connectivity index (χ0) is 14.6. The Labute approximate surface area is 117 Å². The van der Waals surface area contributed by atoms with Crippen molar-refractivity contribution >= 4 is 21.1 Å². The Morgan fingerprint density at radius 1 is 1.20 bits per heavy atom. The molecule has 2 aromatic rings. The lowest BCUT2D eigenvalue weighted by Gasteiger charge is -2.06. The number of fused-ring (bicyclic) bond motifs is 1. The number of nitrogens with one attached hydrogen (secondary N) is 3. The fourth-order valence-electron chi connectivity index (χ4n) is 1.99. The summed E-state index contributed by atoms with van der Waals surface area (Å²) in [5.41, 5.74) is 2.23. The SMILES string of the molecule is CCCCS(=O)(=O)NCCc1ccc2[nH]c(=O)[nH]c2c1. The molecule has 0 bridgehead atoms. The zero-order valence-corrected chi connectivity index (χ0v) is 12.2. The van der Waals surface area contributed by atoms with Crippen LogP contribution in [0.2, 0.25) is 0 Å². The lowest BCUT2D eigenvalue weighted by atomic mass is 10.1. The highest BCUT2D eigenvalue weighted by molar-refractivity contribution is 7.89. The van der Waals surface area contributed by atoms with Gasteiger partial charge in [0.25, 0.3) is 0 Å². The summed E-state index contributed by atoms with van der Waals surface area (Å²) >= 11 is 0. The lowest BCUT2D eigenvalue weighted by molar-refractivity contribution is 0.578. The van der Waals surface area contributed by atoms with E-state index in [4.69, 9.17) is 0 Å². The van der Waals surface area contributed by atoms with Crippen LogP contribution in [0.5, 0.6) is 0 Å². The van der Waals surface area contributed by atoms with Gasteiger partial charge in [0.1, 0.15) is 0 Å². The van der Waals surface area contributed by atoms with E-state index in [2.05, 4.69) is 14.7 Å². The first-order chi connectivity index (χ1) is 9.50. The van der Waals surface area contributed by atoms with Crippen LogP contribution in [0.25, 0.3) is 11.0 Å². The monoisotopic (exact) mass is 297 g/mol. The summed E-state index contributed by atoms with van der Waals surface area (Å²) < 4.78 is 25.9. The van der Waals surface area contributed by atoms with E-state index >= 15 is 0 Å². The molecule has 0 aliphatic heterocycles. The number of hydrogen-bond acceptors (Lipinski definition) is 3. The lowest BCUT2D eigenvalue weighted by Crippen LogP contribution is -2.28. The first-order valence-electron chi connectivity index (χ1n) is 6.68. The molecule has 0 unspecified atom stereocenters. The minimum atomic E-state index is -3.17. The molecular weight excluding hydrogens is 278 g/mol. The van der Waals surface area contributed by atoms with Crippen LogP contribution in [0.15, 0.2) is 23.0 Å². The zero-order valence-electron chi connectivity index (χ0n) is 11.4. The molecule has 110 valence electrons. The van der Waals surface area contributed by atoms with E-state index < -0.39 is 10.0 Å². The molecule has 0 radical (unpaired) electrons. The second kappa shape index (κ2) is 6.23. The molecule has 0 saturated carbocycles. The minimum Gasteiger partial charge on any atom is -0.306 e. The number of sulfonamides is 1. The van der Waals surface area contributed by atoms with Gasteiger partial charge in [-0.15, -0.1) is 0 Å². The van der Waals surface area contributed by atoms with Gasteiger partial charge in [0, 0.05) is 6.54 Å². The molecule has 0 aliphatic rings. The maximum atomic E-state index is 11.6. The third kappa shape index (κ3) is 3.94. The van der Waals surface area contributed by atoms with Gasteiger partial charge in [-0.25, -0.2) is 17.9 Å². The van der Waals surface area contributed by atoms with E-state index in [-0.39, 0.29) is 11.4 Å². The smallest absolute Gasteiger partial charge is 0.306 e. The van der Waals surface area contributed by atoms with Crippen molar-refractivity contribution in [3.8, 4) is 0 Å². The van der Waals surface area contributed by atoms with Crippen molar-refractivity contribution < 1.29 is 8.42 Å². The Hall–Kier alpha value is -1.60. The highest BCUT2D eigenvalue weighted by Gasteiger charge is 2.08. The second-order valence-corrected chi connectivity index (χ2v) is 6.70. The number of unbranched alkanes of at least 4 members (excludes halogenated alkanes) is 1. The van der Waals surface area contributed by atoms with Crippen molar-refractivity contribution in [3.05, 3.63) is 34.2 Å². The van der Waals surface area contributed by atoms with Crippen LogP contribution in [-0.4, -0.2) is 30.7 Å². The highest BCUT2D eigenvalue weighted by atomic mass is 32.2. The van der Waals surface area contributed by atoms with Gasteiger partial charge in [0.05, 0.1) is 16.8 Å². The van der Waals surface area contributed by atoms with Gasteiger partial charge in [-0.1, -0.05) is 19.4 Å². The average Bonchev–Trinajstić information content (AvgIpc) is 2.75. The van der Waals surface area contributed by atoms with Crippen molar-refractivity contribution in [2.24, 2.45) is 0 Å². The molecule has 0 aliphatic carbocycles. The molecule has 0 saturated heterocycles. The normalized spacial score (nSPS) is 12.1. The predicted molar refractivity (Wildman–Crippen MR) is 79.3 cm³/mol. The number of imidazole rings is 1. The predicted octanol–water partition coefficient (Wildman–Crippen LogP) is 1.12. The largest absolute Gasteiger partial charge is 0.323 e. The summed E-state index contributed by atoms with van der Waals surface area (Å²) in [6.45, 7) is 2.33. The summed E-state index contributed by atoms with van der Waals surface area (Å²) in [5.74, 6) is 0.174. The number of benzene rings is 1. The standard InChI is InChI=1S/C13H19N3O3S/c1-2-3-8-20(18,19)14-7-6-10-4-5-11-12(9-10)16-13(17)15-11/h4-5,9,14H,2-3,6-8H2,1H3,(H2,15,16,17). The third-order valence-corrected chi connectivity index (χ3v) is 4.55. The van der Waals surface area contributed by atoms with Gasteiger partial charge in [-0.2, -0.15) is 0 Å². The quantitative estimate of drug-likeness (QED) is 0.714. The van der Waals surface area contributed by atoms with Gasteiger partial charge in [-0.3, -0.25) is 0 Å². The Bertz CT molecular complexity index is 731. The van der Waals surface area contributed by atoms with Gasteiger partial charge in [-0.05, 0) is 30.5 Å². The van der Waals surface area contributed by atoms with Gasteiger partial charge < -0.3 is 9.97 Å². The van der Waals surface area contributed by atoms with E-state index in [0.717, 1.165) is 23.0 Å². The number of rotatable bonds is 7. The number of aromatic amines is 2. The molecule has 2 rings (SSSR count). The molecule has 0 spiro atoms. The van der Waals surface area contributed by atoms with E-state index in [1.165, 1.54) is 0 Å². The van der Waals surface area contributed by atoms with Crippen molar-refractivity contribution in [3.63, 3.8) is 0 Å². The third-order valence-electron chi connectivity index (χ3n) is 3.08. The molecule has 1 heterocycles. The summed E-state index contributed by atoms with van der Waals surface area (Å²) in [6, 6.07) is 5.55. The van der Waals surface area contributed by atoms with Crippen LogP contribution in [0.1, 0.15) is 25.3 Å². The van der Waals surface area contributed by atoms with Crippen LogP contribution in [0.4, 0.5) is 0 Å². The maximum absolute atomic E-state index is 11.6. The molecule has 1 aromatic carbocycles. The Kier molecular flexibility index (Phi) is 4.61. The van der Waals surface area contributed by atoms with Crippen molar-refractivity contribution in [2.75, 3.05) is 12.3 Å². The minimum absolute atomic E-state index is 0.174. The average molecular weight is 297 g/mol. The highest BCUT2D eigenvalue weighted by Crippen LogP contribution is 2.10. The fraction of sp³-hybridized carbons (Fsp3) is 0.462. The molecule has 0 atom stereocenters. The second-order valence-electron chi connectivity index (χ2n) is 4.78. The molecule has 20 heavy (non-hydrogen) atoms. The summed E-state index contributed by atoms with van der Waals surface area (Å²) in [6.07, 6.45) is 2.12. The summed E-state index contributed by atoms with van der Waals surface area (Å²) in [5, 5.41) is 0. The molecule has 7 heteroatoms.